The summed E-state index contributed by atoms with van der Waals surface area (Å²) in [6, 6.07) is 3.39. The lowest BCUT2D eigenvalue weighted by Crippen LogP contribution is -2.24. The normalized spacial score (nSPS) is 11.7. The average molecular weight is 297 g/mol. The minimum Gasteiger partial charge on any atom is -0.398 e. The molecule has 1 aromatic carbocycles. The molecule has 0 fully saturated rings. The van der Waals surface area contributed by atoms with Gasteiger partial charge in [-0.15, -0.1) is 11.3 Å². The number of anilines is 1. The Bertz CT molecular complexity index is 679. The summed E-state index contributed by atoms with van der Waals surface area (Å²) in [5, 5.41) is 0. The van der Waals surface area contributed by atoms with E-state index in [-0.39, 0.29) is 11.4 Å². The van der Waals surface area contributed by atoms with Gasteiger partial charge in [-0.25, -0.2) is 13.1 Å². The molecule has 0 unspecified atom stereocenters. The quantitative estimate of drug-likeness (QED) is 0.843. The number of thiazole rings is 1. The Morgan fingerprint density at radius 1 is 1.37 bits per heavy atom. The van der Waals surface area contributed by atoms with Crippen LogP contribution in [0.2, 0.25) is 0 Å². The third-order valence-corrected chi connectivity index (χ3v) is 5.06. The highest BCUT2D eigenvalue weighted by molar-refractivity contribution is 7.89. The molecule has 2 aromatic rings. The van der Waals surface area contributed by atoms with Gasteiger partial charge in [-0.2, -0.15) is 0 Å². The lowest BCUT2D eigenvalue weighted by molar-refractivity contribution is 0.581. The molecule has 0 radical (unpaired) electrons. The van der Waals surface area contributed by atoms with Crippen LogP contribution >= 0.6 is 11.3 Å². The molecule has 0 amide bonds. The molecule has 0 bridgehead atoms. The van der Waals surface area contributed by atoms with Crippen LogP contribution in [-0.4, -0.2) is 13.4 Å². The number of hydrogen-bond acceptors (Lipinski definition) is 5. The third-order valence-electron chi connectivity index (χ3n) is 2.75. The fraction of sp³-hybridized carbons (Fsp3) is 0.250. The largest absolute Gasteiger partial charge is 0.398 e. The first-order chi connectivity index (χ1) is 8.90. The molecule has 0 saturated carbocycles. The second-order valence-electron chi connectivity index (χ2n) is 4.27. The van der Waals surface area contributed by atoms with Gasteiger partial charge in [-0.3, -0.25) is 4.98 Å². The van der Waals surface area contributed by atoms with Gasteiger partial charge in [-0.1, -0.05) is 0 Å². The van der Waals surface area contributed by atoms with Crippen molar-refractivity contribution in [3.63, 3.8) is 0 Å². The molecule has 0 atom stereocenters. The number of sulfonamides is 1. The molecule has 0 aliphatic carbocycles. The van der Waals surface area contributed by atoms with Crippen LogP contribution in [-0.2, 0) is 16.6 Å². The van der Waals surface area contributed by atoms with Gasteiger partial charge in [0.25, 0.3) is 0 Å². The topological polar surface area (TPSA) is 85.1 Å². The van der Waals surface area contributed by atoms with Gasteiger partial charge in [0.2, 0.25) is 10.0 Å². The van der Waals surface area contributed by atoms with Gasteiger partial charge < -0.3 is 5.73 Å². The number of nitrogens with two attached hydrogens (primary N) is 1. The first-order valence-electron chi connectivity index (χ1n) is 5.64. The molecular formula is C12H15N3O2S2. The van der Waals surface area contributed by atoms with Crippen molar-refractivity contribution in [1.29, 1.82) is 0 Å². The fourth-order valence-corrected chi connectivity index (χ4v) is 3.69. The van der Waals surface area contributed by atoms with E-state index in [0.717, 1.165) is 10.4 Å². The van der Waals surface area contributed by atoms with Crippen molar-refractivity contribution in [3.8, 4) is 0 Å². The lowest BCUT2D eigenvalue weighted by atomic mass is 10.1. The van der Waals surface area contributed by atoms with Crippen LogP contribution < -0.4 is 10.5 Å². The maximum atomic E-state index is 12.3. The van der Waals surface area contributed by atoms with Crippen molar-refractivity contribution in [2.75, 3.05) is 5.73 Å². The molecule has 19 heavy (non-hydrogen) atoms. The summed E-state index contributed by atoms with van der Waals surface area (Å²) in [5.41, 5.74) is 9.35. The highest BCUT2D eigenvalue weighted by Gasteiger charge is 2.18. The molecule has 1 aromatic heterocycles. The van der Waals surface area contributed by atoms with E-state index in [1.807, 2.05) is 6.92 Å². The summed E-state index contributed by atoms with van der Waals surface area (Å²) in [6.45, 7) is 3.76. The van der Waals surface area contributed by atoms with Crippen LogP contribution in [0.25, 0.3) is 0 Å². The van der Waals surface area contributed by atoms with E-state index in [2.05, 4.69) is 9.71 Å². The standard InChI is InChI=1S/C12H15N3O2S2/c1-8-3-11(13)9(2)12(4-8)19(16,17)15-6-10-5-14-7-18-10/h3-5,7,15H,6,13H2,1-2H3. The van der Waals surface area contributed by atoms with Gasteiger partial charge >= 0.3 is 0 Å². The monoisotopic (exact) mass is 297 g/mol. The summed E-state index contributed by atoms with van der Waals surface area (Å²) in [4.78, 5) is 5.00. The van der Waals surface area contributed by atoms with Gasteiger partial charge in [0.15, 0.2) is 0 Å². The van der Waals surface area contributed by atoms with E-state index in [0.29, 0.717) is 11.3 Å². The number of hydrogen-bond donors (Lipinski definition) is 2. The average Bonchev–Trinajstić information content (AvgIpc) is 2.84. The molecule has 102 valence electrons. The fourth-order valence-electron chi connectivity index (χ4n) is 1.70. The smallest absolute Gasteiger partial charge is 0.241 e. The van der Waals surface area contributed by atoms with Crippen LogP contribution in [0.15, 0.2) is 28.7 Å². The number of nitrogen functional groups attached to an aromatic ring is 1. The van der Waals surface area contributed by atoms with E-state index in [9.17, 15) is 8.42 Å². The van der Waals surface area contributed by atoms with E-state index in [1.54, 1.807) is 30.8 Å². The van der Waals surface area contributed by atoms with Crippen LogP contribution in [0.1, 0.15) is 16.0 Å². The van der Waals surface area contributed by atoms with Crippen molar-refractivity contribution in [3.05, 3.63) is 39.8 Å². The Balaban J connectivity index is 2.29. The minimum atomic E-state index is -3.56. The predicted molar refractivity (Wildman–Crippen MR) is 76.5 cm³/mol. The zero-order valence-corrected chi connectivity index (χ0v) is 12.3. The minimum absolute atomic E-state index is 0.231. The highest BCUT2D eigenvalue weighted by Crippen LogP contribution is 2.23. The van der Waals surface area contributed by atoms with Crippen LogP contribution in [0.5, 0.6) is 0 Å². The second-order valence-corrected chi connectivity index (χ2v) is 6.98. The molecule has 0 aliphatic rings. The zero-order chi connectivity index (χ0) is 14.0. The van der Waals surface area contributed by atoms with Crippen LogP contribution in [0.4, 0.5) is 5.69 Å². The molecule has 0 aliphatic heterocycles. The molecule has 0 spiro atoms. The van der Waals surface area contributed by atoms with Gasteiger partial charge in [-0.05, 0) is 37.1 Å². The maximum absolute atomic E-state index is 12.3. The Kier molecular flexibility index (Phi) is 3.88. The Morgan fingerprint density at radius 3 is 2.74 bits per heavy atom. The van der Waals surface area contributed by atoms with Crippen LogP contribution in [0, 0.1) is 13.8 Å². The number of aromatic nitrogens is 1. The van der Waals surface area contributed by atoms with Gasteiger partial charge in [0.1, 0.15) is 0 Å². The van der Waals surface area contributed by atoms with Crippen molar-refractivity contribution >= 4 is 27.0 Å². The predicted octanol–water partition coefficient (Wildman–Crippen LogP) is 1.82. The number of nitrogens with zero attached hydrogens (tertiary/aromatic N) is 1. The van der Waals surface area contributed by atoms with E-state index < -0.39 is 10.0 Å². The van der Waals surface area contributed by atoms with Crippen molar-refractivity contribution < 1.29 is 8.42 Å². The van der Waals surface area contributed by atoms with E-state index in [1.165, 1.54) is 11.3 Å². The summed E-state index contributed by atoms with van der Waals surface area (Å²) in [7, 11) is -3.56. The van der Waals surface area contributed by atoms with Crippen LogP contribution in [0.3, 0.4) is 0 Å². The number of aryl methyl sites for hydroxylation is 1. The second kappa shape index (κ2) is 5.28. The lowest BCUT2D eigenvalue weighted by Gasteiger charge is -2.11. The van der Waals surface area contributed by atoms with Crippen molar-refractivity contribution in [1.82, 2.24) is 9.71 Å². The zero-order valence-electron chi connectivity index (χ0n) is 10.7. The molecule has 0 saturated heterocycles. The van der Waals surface area contributed by atoms with E-state index >= 15 is 0 Å². The molecule has 1 heterocycles. The van der Waals surface area contributed by atoms with Crippen molar-refractivity contribution in [2.45, 2.75) is 25.3 Å². The summed E-state index contributed by atoms with van der Waals surface area (Å²) >= 11 is 1.41. The van der Waals surface area contributed by atoms with Gasteiger partial charge in [0.05, 0.1) is 10.4 Å². The summed E-state index contributed by atoms with van der Waals surface area (Å²) in [5.74, 6) is 0. The first-order valence-corrected chi connectivity index (χ1v) is 8.00. The Hall–Kier alpha value is -1.44. The first kappa shape index (κ1) is 14.0. The summed E-state index contributed by atoms with van der Waals surface area (Å²) in [6.07, 6.45) is 1.64. The molecule has 5 nitrogen and oxygen atoms in total. The SMILES string of the molecule is Cc1cc(N)c(C)c(S(=O)(=O)NCc2cncs2)c1. The number of benzene rings is 1. The molecular weight excluding hydrogens is 282 g/mol. The van der Waals surface area contributed by atoms with E-state index in [4.69, 9.17) is 5.73 Å². The molecule has 3 N–H and O–H groups in total. The molecule has 2 rings (SSSR count). The number of nitrogens with one attached hydrogen (secondary N) is 1. The third kappa shape index (κ3) is 3.12. The summed E-state index contributed by atoms with van der Waals surface area (Å²) < 4.78 is 27.1. The Labute approximate surface area is 116 Å². The maximum Gasteiger partial charge on any atom is 0.241 e. The van der Waals surface area contributed by atoms with Gasteiger partial charge in [0, 0.05) is 23.3 Å². The van der Waals surface area contributed by atoms with Crippen molar-refractivity contribution in [2.24, 2.45) is 0 Å². The number of rotatable bonds is 4. The molecule has 7 heteroatoms. The Morgan fingerprint density at radius 2 is 2.11 bits per heavy atom. The highest BCUT2D eigenvalue weighted by atomic mass is 32.2.